The summed E-state index contributed by atoms with van der Waals surface area (Å²) in [5.41, 5.74) is 0. The Labute approximate surface area is 409 Å². The highest BCUT2D eigenvalue weighted by Crippen LogP contribution is 2.25. The molecule has 5 atom stereocenters. The number of carbonyl (C=O) groups is 3. The van der Waals surface area contributed by atoms with E-state index in [1.54, 1.807) is 0 Å². The zero-order valence-electron chi connectivity index (χ0n) is 43.4. The van der Waals surface area contributed by atoms with Crippen molar-refractivity contribution in [1.82, 2.24) is 0 Å². The Balaban J connectivity index is 1.60. The zero-order valence-corrected chi connectivity index (χ0v) is 43.4. The molecule has 0 N–H and O–H groups in total. The van der Waals surface area contributed by atoms with Crippen LogP contribution in [-0.4, -0.2) is 62.4 Å². The molecule has 394 valence electrons. The Bertz CT molecular complexity index is 1140. The predicted octanol–water partition coefficient (Wildman–Crippen LogP) is 15.7. The van der Waals surface area contributed by atoms with E-state index in [9.17, 15) is 14.4 Å². The minimum atomic E-state index is -0.833. The van der Waals surface area contributed by atoms with Crippen LogP contribution in [0.25, 0.3) is 0 Å². The molecule has 0 aromatic heterocycles. The lowest BCUT2D eigenvalue weighted by Crippen LogP contribution is -2.30. The number of unbranched alkanes of at least 4 members (excludes halogenated alkanes) is 30. The minimum Gasteiger partial charge on any atom is -0.462 e. The van der Waals surface area contributed by atoms with Gasteiger partial charge in [-0.2, -0.15) is 0 Å². The van der Waals surface area contributed by atoms with Crippen molar-refractivity contribution in [3.63, 3.8) is 0 Å². The summed E-state index contributed by atoms with van der Waals surface area (Å²) < 4.78 is 28.6. The van der Waals surface area contributed by atoms with Crippen molar-refractivity contribution in [2.75, 3.05) is 13.2 Å². The largest absolute Gasteiger partial charge is 0.462 e. The van der Waals surface area contributed by atoms with E-state index in [0.717, 1.165) is 109 Å². The highest BCUT2D eigenvalue weighted by molar-refractivity contribution is 5.71. The highest BCUT2D eigenvalue weighted by atomic mass is 17.3. The van der Waals surface area contributed by atoms with Gasteiger partial charge in [0.15, 0.2) is 31.3 Å². The Kier molecular flexibility index (Phi) is 41.5. The van der Waals surface area contributed by atoms with Crippen LogP contribution in [0, 0.1) is 0 Å². The van der Waals surface area contributed by atoms with Gasteiger partial charge in [-0.25, -0.2) is 19.6 Å². The van der Waals surface area contributed by atoms with Crippen molar-refractivity contribution >= 4 is 17.9 Å². The van der Waals surface area contributed by atoms with Gasteiger partial charge in [-0.05, 0) is 44.9 Å². The lowest BCUT2D eigenvalue weighted by molar-refractivity contribution is -0.298. The summed E-state index contributed by atoms with van der Waals surface area (Å²) in [5.74, 6) is -1.02. The molecule has 0 spiro atoms. The number of hydrogen-bond donors (Lipinski definition) is 0. The molecule has 5 unspecified atom stereocenters. The molecule has 2 rings (SSSR count). The van der Waals surface area contributed by atoms with Crippen LogP contribution >= 0.6 is 0 Å². The first-order chi connectivity index (χ1) is 32.9. The van der Waals surface area contributed by atoms with Gasteiger partial charge in [0.2, 0.25) is 0 Å². The molecule has 12 nitrogen and oxygen atoms in total. The third-order valence-corrected chi connectivity index (χ3v) is 13.0. The van der Waals surface area contributed by atoms with Gasteiger partial charge < -0.3 is 23.7 Å². The fourth-order valence-corrected chi connectivity index (χ4v) is 8.71. The van der Waals surface area contributed by atoms with Gasteiger partial charge in [0.25, 0.3) is 0 Å². The summed E-state index contributed by atoms with van der Waals surface area (Å²) in [6.45, 7) is 6.47. The summed E-state index contributed by atoms with van der Waals surface area (Å²) in [6.07, 6.45) is 42.3. The van der Waals surface area contributed by atoms with Gasteiger partial charge >= 0.3 is 17.9 Å². The van der Waals surface area contributed by atoms with Crippen molar-refractivity contribution in [3.8, 4) is 0 Å². The molecule has 12 heteroatoms. The number of hydrogen-bond acceptors (Lipinski definition) is 12. The molecule has 2 saturated heterocycles. The Morgan fingerprint density at radius 3 is 0.851 bits per heavy atom. The molecule has 2 aliphatic rings. The van der Waals surface area contributed by atoms with Crippen LogP contribution in [-0.2, 0) is 57.6 Å². The molecule has 2 aliphatic heterocycles. The second-order valence-electron chi connectivity index (χ2n) is 19.6. The first-order valence-electron chi connectivity index (χ1n) is 28.4. The summed E-state index contributed by atoms with van der Waals surface area (Å²) >= 11 is 0. The van der Waals surface area contributed by atoms with Gasteiger partial charge in [0.1, 0.15) is 13.2 Å². The molecule has 0 aromatic carbocycles. The maximum Gasteiger partial charge on any atom is 0.306 e. The topological polar surface area (TPSA) is 134 Å². The molecule has 0 amide bonds. The smallest absolute Gasteiger partial charge is 0.306 e. The first kappa shape index (κ1) is 61.3. The van der Waals surface area contributed by atoms with E-state index in [0.29, 0.717) is 19.3 Å². The average Bonchev–Trinajstić information content (AvgIpc) is 3.99. The highest BCUT2D eigenvalue weighted by Gasteiger charge is 2.28. The first-order valence-corrected chi connectivity index (χ1v) is 28.4. The number of rotatable bonds is 49. The van der Waals surface area contributed by atoms with Crippen LogP contribution in [0.1, 0.15) is 290 Å². The standard InChI is InChI=1S/C55H102O12/c1-4-7-10-13-16-17-18-19-20-21-22-25-32-39-49(56)59-46-48(61-51(58)41-34-27-24-31-38-45-55-63-53(65-67-55)43-36-29-15-12-9-6-3)47-60-50(57)40-33-26-23-30-37-44-54-62-52(64-66-54)42-35-28-14-11-8-5-2/h48,52-55H,4-47H2,1-3H3. The predicted molar refractivity (Wildman–Crippen MR) is 264 cm³/mol. The van der Waals surface area contributed by atoms with Gasteiger partial charge in [-0.3, -0.25) is 14.4 Å². The van der Waals surface area contributed by atoms with E-state index >= 15 is 0 Å². The Morgan fingerprint density at radius 1 is 0.328 bits per heavy atom. The number of esters is 3. The summed E-state index contributed by atoms with van der Waals surface area (Å²) in [7, 11) is 0. The van der Waals surface area contributed by atoms with Crippen LogP contribution in [0.5, 0.6) is 0 Å². The Morgan fingerprint density at radius 2 is 0.567 bits per heavy atom. The van der Waals surface area contributed by atoms with Crippen LogP contribution in [0.15, 0.2) is 0 Å². The molecule has 67 heavy (non-hydrogen) atoms. The quantitative estimate of drug-likeness (QED) is 0.0249. The molecule has 2 heterocycles. The summed E-state index contributed by atoms with van der Waals surface area (Å²) in [6, 6.07) is 0. The van der Waals surface area contributed by atoms with Crippen LogP contribution in [0.3, 0.4) is 0 Å². The van der Waals surface area contributed by atoms with Gasteiger partial charge in [0.05, 0.1) is 0 Å². The molecular formula is C55H102O12. The van der Waals surface area contributed by atoms with Gasteiger partial charge in [0, 0.05) is 44.9 Å². The minimum absolute atomic E-state index is 0.121. The molecule has 0 aliphatic carbocycles. The van der Waals surface area contributed by atoms with E-state index in [4.69, 9.17) is 43.2 Å². The maximum absolute atomic E-state index is 12.9. The molecule has 0 bridgehead atoms. The normalized spacial score (nSPS) is 18.7. The second kappa shape index (κ2) is 45.3. The average molecular weight is 955 g/mol. The molecular weight excluding hydrogens is 853 g/mol. The van der Waals surface area contributed by atoms with E-state index in [-0.39, 0.29) is 69.1 Å². The maximum atomic E-state index is 12.9. The lowest BCUT2D eigenvalue weighted by Gasteiger charge is -2.18. The lowest BCUT2D eigenvalue weighted by atomic mass is 10.0. The van der Waals surface area contributed by atoms with E-state index < -0.39 is 6.10 Å². The van der Waals surface area contributed by atoms with E-state index in [1.807, 2.05) is 0 Å². The third kappa shape index (κ3) is 37.6. The Hall–Kier alpha value is -1.83. The molecule has 2 fully saturated rings. The summed E-state index contributed by atoms with van der Waals surface area (Å²) in [4.78, 5) is 59.8. The zero-order chi connectivity index (χ0) is 48.1. The molecule has 0 radical (unpaired) electrons. The van der Waals surface area contributed by atoms with Gasteiger partial charge in [-0.15, -0.1) is 0 Å². The molecule has 0 aromatic rings. The van der Waals surface area contributed by atoms with E-state index in [1.165, 1.54) is 128 Å². The summed E-state index contributed by atoms with van der Waals surface area (Å²) in [5, 5.41) is 0. The SMILES string of the molecule is CCCCCCCCCCCCCCCC(=O)OCC(COC(=O)CCCCCCCC1OOC(CCCCCCCC)O1)OC(=O)CCCCCCCC1OOC(CCCCCCCC)O1. The molecule has 0 saturated carbocycles. The number of carbonyl (C=O) groups excluding carboxylic acids is 3. The fourth-order valence-electron chi connectivity index (χ4n) is 8.71. The monoisotopic (exact) mass is 955 g/mol. The number of ether oxygens (including phenoxy) is 5. The fraction of sp³-hybridized carbons (Fsp3) is 0.945. The second-order valence-corrected chi connectivity index (χ2v) is 19.6. The van der Waals surface area contributed by atoms with Crippen LogP contribution in [0.4, 0.5) is 0 Å². The van der Waals surface area contributed by atoms with Crippen LogP contribution in [0.2, 0.25) is 0 Å². The third-order valence-electron chi connectivity index (χ3n) is 13.0. The van der Waals surface area contributed by atoms with Crippen molar-refractivity contribution in [2.45, 2.75) is 322 Å². The van der Waals surface area contributed by atoms with Crippen molar-refractivity contribution in [3.05, 3.63) is 0 Å². The van der Waals surface area contributed by atoms with Crippen molar-refractivity contribution in [2.24, 2.45) is 0 Å². The van der Waals surface area contributed by atoms with E-state index in [2.05, 4.69) is 20.8 Å². The van der Waals surface area contributed by atoms with Gasteiger partial charge in [-0.1, -0.05) is 201 Å². The van der Waals surface area contributed by atoms with Crippen molar-refractivity contribution < 1.29 is 57.6 Å². The van der Waals surface area contributed by atoms with Crippen LogP contribution < -0.4 is 0 Å². The van der Waals surface area contributed by atoms with Crippen molar-refractivity contribution in [1.29, 1.82) is 0 Å².